The van der Waals surface area contributed by atoms with Crippen LogP contribution in [0.25, 0.3) is 11.1 Å². The van der Waals surface area contributed by atoms with E-state index < -0.39 is 0 Å². The Kier molecular flexibility index (Phi) is 4.71. The Hall–Kier alpha value is -2.49. The summed E-state index contributed by atoms with van der Waals surface area (Å²) in [5.41, 5.74) is 2.87. The Morgan fingerprint density at radius 1 is 1.23 bits per heavy atom. The molecule has 0 saturated carbocycles. The second-order valence-corrected chi connectivity index (χ2v) is 5.35. The number of carbonyl (C=O) groups excluding carboxylic acids is 1. The molecule has 0 bridgehead atoms. The van der Waals surface area contributed by atoms with Gasteiger partial charge in [0.1, 0.15) is 11.5 Å². The molecule has 22 heavy (non-hydrogen) atoms. The summed E-state index contributed by atoms with van der Waals surface area (Å²) in [6.07, 6.45) is 1.42. The summed E-state index contributed by atoms with van der Waals surface area (Å²) in [5, 5.41) is 23.5. The maximum atomic E-state index is 12.1. The number of hydrogen-bond acceptors (Lipinski definition) is 3. The van der Waals surface area contributed by atoms with Crippen LogP contribution in [0, 0.1) is 6.92 Å². The van der Waals surface area contributed by atoms with Crippen molar-refractivity contribution < 1.29 is 15.0 Å². The third kappa shape index (κ3) is 2.91. The van der Waals surface area contributed by atoms with E-state index in [1.165, 1.54) is 7.05 Å². The molecule has 0 aliphatic heterocycles. The van der Waals surface area contributed by atoms with E-state index in [1.807, 2.05) is 32.0 Å². The summed E-state index contributed by atoms with van der Waals surface area (Å²) in [6, 6.07) is 9.02. The van der Waals surface area contributed by atoms with Gasteiger partial charge in [-0.1, -0.05) is 43.2 Å². The quantitative estimate of drug-likeness (QED) is 0.810. The molecule has 2 aromatic rings. The largest absolute Gasteiger partial charge is 0.507 e. The lowest BCUT2D eigenvalue weighted by molar-refractivity contribution is 0.0959. The molecule has 1 amide bonds. The first-order valence-electron chi connectivity index (χ1n) is 7.36. The van der Waals surface area contributed by atoms with Gasteiger partial charge in [-0.3, -0.25) is 4.79 Å². The van der Waals surface area contributed by atoms with Gasteiger partial charge in [-0.05, 0) is 30.5 Å². The predicted octanol–water partition coefficient (Wildman–Crippen LogP) is 3.39. The number of aromatic hydroxyl groups is 2. The van der Waals surface area contributed by atoms with Crippen LogP contribution in [0.4, 0.5) is 0 Å². The number of benzene rings is 2. The fraction of sp³-hybridized carbons (Fsp3) is 0.278. The van der Waals surface area contributed by atoms with E-state index in [0.717, 1.165) is 12.0 Å². The van der Waals surface area contributed by atoms with Gasteiger partial charge in [0.2, 0.25) is 0 Å². The number of phenols is 2. The molecule has 4 nitrogen and oxygen atoms in total. The van der Waals surface area contributed by atoms with E-state index in [9.17, 15) is 15.0 Å². The zero-order chi connectivity index (χ0) is 16.3. The van der Waals surface area contributed by atoms with Crippen LogP contribution in [0.1, 0.15) is 34.8 Å². The van der Waals surface area contributed by atoms with Crippen LogP contribution in [0.15, 0.2) is 30.3 Å². The summed E-state index contributed by atoms with van der Waals surface area (Å²) in [6.45, 7) is 3.92. The highest BCUT2D eigenvalue weighted by molar-refractivity contribution is 6.01. The van der Waals surface area contributed by atoms with Gasteiger partial charge in [0, 0.05) is 7.05 Å². The van der Waals surface area contributed by atoms with Gasteiger partial charge in [-0.2, -0.15) is 0 Å². The minimum atomic E-state index is -0.352. The van der Waals surface area contributed by atoms with E-state index in [1.54, 1.807) is 12.1 Å². The first-order valence-corrected chi connectivity index (χ1v) is 7.36. The third-order valence-electron chi connectivity index (χ3n) is 3.64. The van der Waals surface area contributed by atoms with Crippen LogP contribution in [-0.4, -0.2) is 23.2 Å². The normalized spacial score (nSPS) is 10.5. The molecule has 0 radical (unpaired) electrons. The number of nitrogens with one attached hydrogen (secondary N) is 1. The average Bonchev–Trinajstić information content (AvgIpc) is 2.47. The van der Waals surface area contributed by atoms with E-state index >= 15 is 0 Å². The summed E-state index contributed by atoms with van der Waals surface area (Å²) < 4.78 is 0. The van der Waals surface area contributed by atoms with Crippen LogP contribution < -0.4 is 5.32 Å². The van der Waals surface area contributed by atoms with Gasteiger partial charge < -0.3 is 15.5 Å². The Morgan fingerprint density at radius 2 is 1.95 bits per heavy atom. The fourth-order valence-electron chi connectivity index (χ4n) is 2.64. The molecule has 116 valence electrons. The van der Waals surface area contributed by atoms with Gasteiger partial charge in [0.15, 0.2) is 0 Å². The number of phenolic OH excluding ortho intramolecular Hbond substituents is 2. The molecule has 0 saturated heterocycles. The average molecular weight is 299 g/mol. The van der Waals surface area contributed by atoms with Crippen molar-refractivity contribution >= 4 is 5.91 Å². The van der Waals surface area contributed by atoms with E-state index in [0.29, 0.717) is 23.1 Å². The van der Waals surface area contributed by atoms with Gasteiger partial charge in [0.25, 0.3) is 5.91 Å². The van der Waals surface area contributed by atoms with E-state index in [2.05, 4.69) is 5.32 Å². The number of aryl methyl sites for hydroxylation is 2. The predicted molar refractivity (Wildman–Crippen MR) is 87.3 cm³/mol. The summed E-state index contributed by atoms with van der Waals surface area (Å²) in [4.78, 5) is 12.1. The topological polar surface area (TPSA) is 69.6 Å². The molecular formula is C18H21NO3. The molecule has 0 aromatic heterocycles. The van der Waals surface area contributed by atoms with Crippen molar-refractivity contribution in [2.75, 3.05) is 7.05 Å². The maximum Gasteiger partial charge on any atom is 0.255 e. The van der Waals surface area contributed by atoms with Crippen molar-refractivity contribution in [1.29, 1.82) is 0 Å². The second kappa shape index (κ2) is 6.52. The Balaban J connectivity index is 2.73. The highest BCUT2D eigenvalue weighted by atomic mass is 16.3. The number of amides is 1. The summed E-state index contributed by atoms with van der Waals surface area (Å²) in [7, 11) is 1.52. The monoisotopic (exact) mass is 299 g/mol. The molecule has 0 fully saturated rings. The molecule has 2 aromatic carbocycles. The summed E-state index contributed by atoms with van der Waals surface area (Å²) in [5.74, 6) is -0.539. The SMILES string of the molecule is CCCc1cc(O)c(-c2cccc(C)c2)c(O)c1C(=O)NC. The van der Waals surface area contributed by atoms with E-state index in [4.69, 9.17) is 0 Å². The molecular weight excluding hydrogens is 278 g/mol. The Labute approximate surface area is 130 Å². The van der Waals surface area contributed by atoms with Crippen molar-refractivity contribution in [2.24, 2.45) is 0 Å². The van der Waals surface area contributed by atoms with Gasteiger partial charge in [-0.25, -0.2) is 0 Å². The lowest BCUT2D eigenvalue weighted by Gasteiger charge is -2.16. The zero-order valence-electron chi connectivity index (χ0n) is 13.1. The maximum absolute atomic E-state index is 12.1. The Bertz CT molecular complexity index is 708. The first kappa shape index (κ1) is 15.9. The third-order valence-corrected chi connectivity index (χ3v) is 3.64. The van der Waals surface area contributed by atoms with Gasteiger partial charge in [-0.15, -0.1) is 0 Å². The number of rotatable bonds is 4. The molecule has 0 heterocycles. The lowest BCUT2D eigenvalue weighted by Crippen LogP contribution is -2.20. The van der Waals surface area contributed by atoms with Gasteiger partial charge in [0.05, 0.1) is 11.1 Å². The first-order chi connectivity index (χ1) is 10.5. The molecule has 0 unspecified atom stereocenters. The van der Waals surface area contributed by atoms with Crippen molar-refractivity contribution in [3.05, 3.63) is 47.0 Å². The van der Waals surface area contributed by atoms with Crippen LogP contribution in [0.3, 0.4) is 0 Å². The minimum Gasteiger partial charge on any atom is -0.507 e. The second-order valence-electron chi connectivity index (χ2n) is 5.35. The summed E-state index contributed by atoms with van der Waals surface area (Å²) >= 11 is 0. The smallest absolute Gasteiger partial charge is 0.255 e. The minimum absolute atomic E-state index is 0.0146. The molecule has 0 aliphatic rings. The van der Waals surface area contributed by atoms with Crippen LogP contribution >= 0.6 is 0 Å². The number of carbonyl (C=O) groups is 1. The molecule has 0 spiro atoms. The molecule has 3 N–H and O–H groups in total. The molecule has 2 rings (SSSR count). The molecule has 0 aliphatic carbocycles. The molecule has 4 heteroatoms. The van der Waals surface area contributed by atoms with Crippen LogP contribution in [0.5, 0.6) is 11.5 Å². The van der Waals surface area contributed by atoms with E-state index in [-0.39, 0.29) is 23.0 Å². The van der Waals surface area contributed by atoms with Crippen molar-refractivity contribution in [2.45, 2.75) is 26.7 Å². The highest BCUT2D eigenvalue weighted by Crippen LogP contribution is 2.42. The van der Waals surface area contributed by atoms with Crippen molar-refractivity contribution in [1.82, 2.24) is 5.32 Å². The fourth-order valence-corrected chi connectivity index (χ4v) is 2.64. The van der Waals surface area contributed by atoms with Gasteiger partial charge >= 0.3 is 0 Å². The molecule has 0 atom stereocenters. The Morgan fingerprint density at radius 3 is 2.55 bits per heavy atom. The van der Waals surface area contributed by atoms with Crippen molar-refractivity contribution in [3.63, 3.8) is 0 Å². The highest BCUT2D eigenvalue weighted by Gasteiger charge is 2.22. The van der Waals surface area contributed by atoms with Crippen LogP contribution in [0.2, 0.25) is 0 Å². The van der Waals surface area contributed by atoms with Crippen LogP contribution in [-0.2, 0) is 6.42 Å². The lowest BCUT2D eigenvalue weighted by atomic mass is 9.93. The van der Waals surface area contributed by atoms with Crippen molar-refractivity contribution in [3.8, 4) is 22.6 Å². The zero-order valence-corrected chi connectivity index (χ0v) is 13.1. The number of hydrogen-bond donors (Lipinski definition) is 3. The standard InChI is InChI=1S/C18H21NO3/c1-4-6-12-10-14(20)15(13-8-5-7-11(2)9-13)17(21)16(12)18(22)19-3/h5,7-10,20-21H,4,6H2,1-3H3,(H,19,22).